The Labute approximate surface area is 118 Å². The SMILES string of the molecule is CCNC(=NCCCN(C)CCOC)NC(C)CC. The second kappa shape index (κ2) is 12.2. The molecule has 0 aliphatic rings. The van der Waals surface area contributed by atoms with E-state index in [1.165, 1.54) is 0 Å². The zero-order valence-electron chi connectivity index (χ0n) is 13.3. The predicted octanol–water partition coefficient (Wildman–Crippen LogP) is 1.31. The van der Waals surface area contributed by atoms with Crippen molar-refractivity contribution in [3.63, 3.8) is 0 Å². The third-order valence-corrected chi connectivity index (χ3v) is 2.98. The summed E-state index contributed by atoms with van der Waals surface area (Å²) < 4.78 is 5.06. The molecule has 0 amide bonds. The molecule has 0 bridgehead atoms. The van der Waals surface area contributed by atoms with Crippen molar-refractivity contribution in [3.8, 4) is 0 Å². The quantitative estimate of drug-likeness (QED) is 0.358. The Balaban J connectivity index is 3.89. The van der Waals surface area contributed by atoms with Gasteiger partial charge in [-0.3, -0.25) is 4.99 Å². The molecule has 0 aliphatic heterocycles. The number of ether oxygens (including phenoxy) is 1. The van der Waals surface area contributed by atoms with E-state index in [4.69, 9.17) is 4.74 Å². The number of nitrogens with zero attached hydrogens (tertiary/aromatic N) is 2. The lowest BCUT2D eigenvalue weighted by Gasteiger charge is -2.17. The molecule has 0 fully saturated rings. The van der Waals surface area contributed by atoms with Crippen molar-refractivity contribution in [3.05, 3.63) is 0 Å². The summed E-state index contributed by atoms with van der Waals surface area (Å²) in [6.07, 6.45) is 2.17. The second-order valence-electron chi connectivity index (χ2n) is 4.86. The highest BCUT2D eigenvalue weighted by atomic mass is 16.5. The van der Waals surface area contributed by atoms with Crippen molar-refractivity contribution in [1.29, 1.82) is 0 Å². The Hall–Kier alpha value is -0.810. The van der Waals surface area contributed by atoms with E-state index in [9.17, 15) is 0 Å². The van der Waals surface area contributed by atoms with Gasteiger partial charge in [0.05, 0.1) is 6.61 Å². The van der Waals surface area contributed by atoms with Crippen LogP contribution in [0.4, 0.5) is 0 Å². The molecule has 2 N–H and O–H groups in total. The summed E-state index contributed by atoms with van der Waals surface area (Å²) >= 11 is 0. The van der Waals surface area contributed by atoms with Gasteiger partial charge in [-0.25, -0.2) is 0 Å². The molecule has 114 valence electrons. The fraction of sp³-hybridized carbons (Fsp3) is 0.929. The van der Waals surface area contributed by atoms with Gasteiger partial charge in [0.1, 0.15) is 0 Å². The van der Waals surface area contributed by atoms with Gasteiger partial charge in [-0.1, -0.05) is 6.92 Å². The fourth-order valence-electron chi connectivity index (χ4n) is 1.55. The molecule has 19 heavy (non-hydrogen) atoms. The summed E-state index contributed by atoms with van der Waals surface area (Å²) in [5, 5.41) is 6.67. The minimum Gasteiger partial charge on any atom is -0.383 e. The van der Waals surface area contributed by atoms with Crippen LogP contribution < -0.4 is 10.6 Å². The maximum Gasteiger partial charge on any atom is 0.191 e. The van der Waals surface area contributed by atoms with Crippen molar-refractivity contribution in [2.45, 2.75) is 39.7 Å². The number of guanidine groups is 1. The number of aliphatic imine (C=N–C) groups is 1. The standard InChI is InChI=1S/C14H32N4O/c1-6-13(3)17-14(15-7-2)16-9-8-10-18(4)11-12-19-5/h13H,6-12H2,1-5H3,(H2,15,16,17). The minimum atomic E-state index is 0.460. The van der Waals surface area contributed by atoms with Gasteiger partial charge in [0.25, 0.3) is 0 Å². The summed E-state index contributed by atoms with van der Waals surface area (Å²) in [6, 6.07) is 0.460. The monoisotopic (exact) mass is 272 g/mol. The normalized spacial score (nSPS) is 13.7. The third kappa shape index (κ3) is 10.8. The van der Waals surface area contributed by atoms with Gasteiger partial charge >= 0.3 is 0 Å². The summed E-state index contributed by atoms with van der Waals surface area (Å²) in [5.74, 6) is 0.927. The molecule has 1 atom stereocenters. The highest BCUT2D eigenvalue weighted by Gasteiger charge is 2.02. The maximum atomic E-state index is 5.06. The summed E-state index contributed by atoms with van der Waals surface area (Å²) in [7, 11) is 3.85. The lowest BCUT2D eigenvalue weighted by Crippen LogP contribution is -2.42. The Kier molecular flexibility index (Phi) is 11.7. The van der Waals surface area contributed by atoms with Gasteiger partial charge in [0, 0.05) is 32.8 Å². The molecule has 0 aromatic rings. The van der Waals surface area contributed by atoms with E-state index in [1.807, 2.05) is 0 Å². The third-order valence-electron chi connectivity index (χ3n) is 2.98. The van der Waals surface area contributed by atoms with Gasteiger partial charge in [0.2, 0.25) is 0 Å². The molecule has 1 unspecified atom stereocenters. The summed E-state index contributed by atoms with van der Waals surface area (Å²) in [4.78, 5) is 6.86. The van der Waals surface area contributed by atoms with E-state index in [1.54, 1.807) is 7.11 Å². The molecule has 0 saturated heterocycles. The number of nitrogens with one attached hydrogen (secondary N) is 2. The van der Waals surface area contributed by atoms with Gasteiger partial charge in [0.15, 0.2) is 5.96 Å². The Bertz CT molecular complexity index is 233. The van der Waals surface area contributed by atoms with E-state index in [2.05, 4.69) is 48.3 Å². The zero-order valence-corrected chi connectivity index (χ0v) is 13.3. The van der Waals surface area contributed by atoms with Crippen LogP contribution in [0, 0.1) is 0 Å². The van der Waals surface area contributed by atoms with Gasteiger partial charge in [-0.05, 0) is 40.3 Å². The Morgan fingerprint density at radius 2 is 2.05 bits per heavy atom. The van der Waals surface area contributed by atoms with Crippen molar-refractivity contribution < 1.29 is 4.74 Å². The highest BCUT2D eigenvalue weighted by Crippen LogP contribution is 1.91. The first kappa shape index (κ1) is 18.2. The molecule has 0 spiro atoms. The Morgan fingerprint density at radius 3 is 2.63 bits per heavy atom. The summed E-state index contributed by atoms with van der Waals surface area (Å²) in [6.45, 7) is 11.0. The maximum absolute atomic E-state index is 5.06. The van der Waals surface area contributed by atoms with Gasteiger partial charge < -0.3 is 20.3 Å². The van der Waals surface area contributed by atoms with E-state index in [-0.39, 0.29) is 0 Å². The average molecular weight is 272 g/mol. The second-order valence-corrected chi connectivity index (χ2v) is 4.86. The first-order chi connectivity index (χ1) is 9.13. The number of rotatable bonds is 10. The lowest BCUT2D eigenvalue weighted by atomic mass is 10.3. The topological polar surface area (TPSA) is 48.9 Å². The van der Waals surface area contributed by atoms with Crippen LogP contribution in [0.2, 0.25) is 0 Å². The Morgan fingerprint density at radius 1 is 1.32 bits per heavy atom. The van der Waals surface area contributed by atoms with E-state index >= 15 is 0 Å². The number of methoxy groups -OCH3 is 1. The molecular weight excluding hydrogens is 240 g/mol. The molecule has 5 nitrogen and oxygen atoms in total. The van der Waals surface area contributed by atoms with Crippen LogP contribution in [0.1, 0.15) is 33.6 Å². The van der Waals surface area contributed by atoms with Crippen LogP contribution in [0.15, 0.2) is 4.99 Å². The van der Waals surface area contributed by atoms with Crippen LogP contribution in [0.25, 0.3) is 0 Å². The van der Waals surface area contributed by atoms with Crippen molar-refractivity contribution in [2.24, 2.45) is 4.99 Å². The van der Waals surface area contributed by atoms with Crippen molar-refractivity contribution in [1.82, 2.24) is 15.5 Å². The minimum absolute atomic E-state index is 0.460. The largest absolute Gasteiger partial charge is 0.383 e. The highest BCUT2D eigenvalue weighted by molar-refractivity contribution is 5.79. The first-order valence-corrected chi connectivity index (χ1v) is 7.36. The zero-order chi connectivity index (χ0) is 14.5. The first-order valence-electron chi connectivity index (χ1n) is 7.36. The number of likely N-dealkylation sites (N-methyl/N-ethyl adjacent to an activating group) is 1. The molecule has 0 rings (SSSR count). The van der Waals surface area contributed by atoms with Crippen LogP contribution in [-0.4, -0.2) is 63.8 Å². The lowest BCUT2D eigenvalue weighted by molar-refractivity contribution is 0.161. The van der Waals surface area contributed by atoms with E-state index in [0.29, 0.717) is 6.04 Å². The molecule has 0 aliphatic carbocycles. The van der Waals surface area contributed by atoms with Gasteiger partial charge in [-0.15, -0.1) is 0 Å². The van der Waals surface area contributed by atoms with Gasteiger partial charge in [-0.2, -0.15) is 0 Å². The molecule has 0 radical (unpaired) electrons. The number of hydrogen-bond donors (Lipinski definition) is 2. The molecular formula is C14H32N4O. The molecule has 0 aromatic heterocycles. The predicted molar refractivity (Wildman–Crippen MR) is 82.9 cm³/mol. The van der Waals surface area contributed by atoms with Crippen LogP contribution in [0.3, 0.4) is 0 Å². The summed E-state index contributed by atoms with van der Waals surface area (Å²) in [5.41, 5.74) is 0. The smallest absolute Gasteiger partial charge is 0.191 e. The number of hydrogen-bond acceptors (Lipinski definition) is 3. The molecule has 5 heteroatoms. The molecule has 0 aromatic carbocycles. The van der Waals surface area contributed by atoms with E-state index < -0.39 is 0 Å². The van der Waals surface area contributed by atoms with Crippen LogP contribution >= 0.6 is 0 Å². The van der Waals surface area contributed by atoms with Crippen LogP contribution in [0.5, 0.6) is 0 Å². The average Bonchev–Trinajstić information content (AvgIpc) is 2.41. The van der Waals surface area contributed by atoms with Crippen molar-refractivity contribution in [2.75, 3.05) is 46.9 Å². The van der Waals surface area contributed by atoms with E-state index in [0.717, 1.165) is 51.6 Å². The van der Waals surface area contributed by atoms with Crippen molar-refractivity contribution >= 4 is 5.96 Å². The molecule has 0 heterocycles. The molecule has 0 saturated carbocycles. The fourth-order valence-corrected chi connectivity index (χ4v) is 1.55. The van der Waals surface area contributed by atoms with Crippen LogP contribution in [-0.2, 0) is 4.74 Å².